The lowest BCUT2D eigenvalue weighted by Crippen LogP contribution is -2.22. The van der Waals surface area contributed by atoms with Gasteiger partial charge in [-0.05, 0) is 60.7 Å². The lowest BCUT2D eigenvalue weighted by molar-refractivity contribution is -0.124. The summed E-state index contributed by atoms with van der Waals surface area (Å²) in [6.07, 6.45) is 2.87. The minimum absolute atomic E-state index is 0.0967. The highest BCUT2D eigenvalue weighted by Crippen LogP contribution is 2.32. The molecule has 0 saturated heterocycles. The maximum Gasteiger partial charge on any atom is 0.412 e. The van der Waals surface area contributed by atoms with Crippen LogP contribution in [0.2, 0.25) is 0 Å². The number of amides is 2. The number of carbonyl (C=O) groups excluding carboxylic acids is 2. The molecule has 0 fully saturated rings. The molecule has 172 valence electrons. The van der Waals surface area contributed by atoms with Crippen molar-refractivity contribution in [3.8, 4) is 5.75 Å². The van der Waals surface area contributed by atoms with Gasteiger partial charge in [-0.15, -0.1) is 0 Å². The van der Waals surface area contributed by atoms with Gasteiger partial charge in [-0.1, -0.05) is 41.1 Å². The van der Waals surface area contributed by atoms with Gasteiger partial charge < -0.3 is 14.6 Å². The standard InChI is InChI=1S/C23H27BrN2O6/c1-16(5-2-3-8-21(28)26-30)22(17-6-4-7-20(15-17)31-14-13-27)32-23(29)25-19-11-9-18(24)10-12-19/h3-4,6-12,15-16,22,27,30H,2,5,13-14H2,1H3,(H,25,29)(H,26,28)/b8-3+/t16-,22-/m1/s1. The van der Waals surface area contributed by atoms with E-state index in [0.29, 0.717) is 24.3 Å². The van der Waals surface area contributed by atoms with Gasteiger partial charge in [0.2, 0.25) is 0 Å². The molecule has 32 heavy (non-hydrogen) atoms. The van der Waals surface area contributed by atoms with Gasteiger partial charge in [0.25, 0.3) is 5.91 Å². The van der Waals surface area contributed by atoms with E-state index in [4.69, 9.17) is 19.8 Å². The van der Waals surface area contributed by atoms with Crippen LogP contribution in [0.1, 0.15) is 31.4 Å². The fraction of sp³-hybridized carbons (Fsp3) is 0.304. The van der Waals surface area contributed by atoms with Gasteiger partial charge in [-0.3, -0.25) is 15.3 Å². The molecule has 0 spiro atoms. The molecule has 0 heterocycles. The number of allylic oxidation sites excluding steroid dienone is 1. The molecule has 9 heteroatoms. The van der Waals surface area contributed by atoms with Crippen molar-refractivity contribution in [2.45, 2.75) is 25.9 Å². The van der Waals surface area contributed by atoms with E-state index in [2.05, 4.69) is 21.2 Å². The molecular weight excluding hydrogens is 480 g/mol. The Hall–Kier alpha value is -2.88. The molecule has 2 aromatic carbocycles. The van der Waals surface area contributed by atoms with Crippen LogP contribution >= 0.6 is 15.9 Å². The third-order valence-electron chi connectivity index (χ3n) is 4.56. The number of aliphatic hydroxyl groups is 1. The van der Waals surface area contributed by atoms with Crippen molar-refractivity contribution in [2.75, 3.05) is 18.5 Å². The molecule has 8 nitrogen and oxygen atoms in total. The maximum atomic E-state index is 12.6. The summed E-state index contributed by atoms with van der Waals surface area (Å²) < 4.78 is 12.2. The second-order valence-corrected chi connectivity index (χ2v) is 7.95. The monoisotopic (exact) mass is 506 g/mol. The number of rotatable bonds is 11. The second kappa shape index (κ2) is 13.5. The minimum atomic E-state index is -0.604. The summed E-state index contributed by atoms with van der Waals surface area (Å²) in [7, 11) is 0. The molecule has 0 aliphatic rings. The highest BCUT2D eigenvalue weighted by atomic mass is 79.9. The molecule has 0 saturated carbocycles. The zero-order chi connectivity index (χ0) is 23.3. The smallest absolute Gasteiger partial charge is 0.412 e. The van der Waals surface area contributed by atoms with E-state index in [-0.39, 0.29) is 19.1 Å². The second-order valence-electron chi connectivity index (χ2n) is 7.04. The number of hydroxylamine groups is 1. The van der Waals surface area contributed by atoms with Crippen LogP contribution < -0.4 is 15.5 Å². The van der Waals surface area contributed by atoms with Gasteiger partial charge in [0.05, 0.1) is 6.61 Å². The Balaban J connectivity index is 2.14. The van der Waals surface area contributed by atoms with E-state index in [0.717, 1.165) is 10.0 Å². The normalized spacial score (nSPS) is 12.8. The maximum absolute atomic E-state index is 12.6. The number of hydrogen-bond donors (Lipinski definition) is 4. The van der Waals surface area contributed by atoms with E-state index < -0.39 is 18.1 Å². The van der Waals surface area contributed by atoms with Crippen molar-refractivity contribution in [3.63, 3.8) is 0 Å². The van der Waals surface area contributed by atoms with Crippen molar-refractivity contribution in [3.05, 3.63) is 70.7 Å². The van der Waals surface area contributed by atoms with Crippen LogP contribution in [0.4, 0.5) is 10.5 Å². The third kappa shape index (κ3) is 8.70. The fourth-order valence-corrected chi connectivity index (χ4v) is 3.26. The lowest BCUT2D eigenvalue weighted by atomic mass is 9.93. The number of benzene rings is 2. The highest BCUT2D eigenvalue weighted by molar-refractivity contribution is 9.10. The van der Waals surface area contributed by atoms with Crippen LogP contribution in [0.25, 0.3) is 0 Å². The predicted molar refractivity (Wildman–Crippen MR) is 123 cm³/mol. The summed E-state index contributed by atoms with van der Waals surface area (Å²) in [6.45, 7) is 2.00. The summed E-state index contributed by atoms with van der Waals surface area (Å²) >= 11 is 3.35. The zero-order valence-corrected chi connectivity index (χ0v) is 19.2. The quantitative estimate of drug-likeness (QED) is 0.201. The van der Waals surface area contributed by atoms with Crippen molar-refractivity contribution in [1.29, 1.82) is 0 Å². The largest absolute Gasteiger partial charge is 0.491 e. The van der Waals surface area contributed by atoms with Gasteiger partial charge in [0.15, 0.2) is 0 Å². The Morgan fingerprint density at radius 1 is 1.19 bits per heavy atom. The molecule has 2 rings (SSSR count). The molecule has 0 radical (unpaired) electrons. The molecule has 0 aliphatic carbocycles. The van der Waals surface area contributed by atoms with Crippen LogP contribution in [0.5, 0.6) is 5.75 Å². The molecule has 2 amide bonds. The van der Waals surface area contributed by atoms with Crippen LogP contribution in [0.15, 0.2) is 65.2 Å². The number of anilines is 1. The van der Waals surface area contributed by atoms with E-state index in [9.17, 15) is 9.59 Å². The first kappa shape index (κ1) is 25.4. The average molecular weight is 507 g/mol. The Morgan fingerprint density at radius 3 is 2.62 bits per heavy atom. The Labute approximate surface area is 195 Å². The Morgan fingerprint density at radius 2 is 1.94 bits per heavy atom. The first-order chi connectivity index (χ1) is 15.4. The molecule has 0 bridgehead atoms. The van der Waals surface area contributed by atoms with Crippen LogP contribution in [0.3, 0.4) is 0 Å². The number of nitrogens with one attached hydrogen (secondary N) is 2. The third-order valence-corrected chi connectivity index (χ3v) is 5.08. The van der Waals surface area contributed by atoms with Crippen molar-refractivity contribution < 1.29 is 29.4 Å². The number of aliphatic hydroxyl groups excluding tert-OH is 1. The van der Waals surface area contributed by atoms with E-state index in [1.807, 2.05) is 25.1 Å². The number of halogens is 1. The van der Waals surface area contributed by atoms with Gasteiger partial charge >= 0.3 is 6.09 Å². The molecular formula is C23H27BrN2O6. The molecule has 2 aromatic rings. The lowest BCUT2D eigenvalue weighted by Gasteiger charge is -2.25. The summed E-state index contributed by atoms with van der Waals surface area (Å²) in [5, 5.41) is 20.3. The van der Waals surface area contributed by atoms with E-state index in [1.54, 1.807) is 36.4 Å². The van der Waals surface area contributed by atoms with Gasteiger partial charge in [-0.2, -0.15) is 0 Å². The first-order valence-electron chi connectivity index (χ1n) is 10.1. The predicted octanol–water partition coefficient (Wildman–Crippen LogP) is 4.59. The SMILES string of the molecule is C[C@H](CC/C=C/C(=O)NO)[C@@H](OC(=O)Nc1ccc(Br)cc1)c1cccc(OCCO)c1. The summed E-state index contributed by atoms with van der Waals surface area (Å²) in [5.74, 6) is -0.140. The summed E-state index contributed by atoms with van der Waals surface area (Å²) in [4.78, 5) is 23.7. The van der Waals surface area contributed by atoms with Crippen molar-refractivity contribution >= 4 is 33.6 Å². The van der Waals surface area contributed by atoms with Gasteiger partial charge in [0, 0.05) is 16.2 Å². The molecule has 2 atom stereocenters. The zero-order valence-electron chi connectivity index (χ0n) is 17.7. The summed E-state index contributed by atoms with van der Waals surface area (Å²) in [5.41, 5.74) is 2.89. The summed E-state index contributed by atoms with van der Waals surface area (Å²) in [6, 6.07) is 14.3. The Kier molecular flexibility index (Phi) is 10.7. The molecule has 0 unspecified atom stereocenters. The first-order valence-corrected chi connectivity index (χ1v) is 10.9. The molecule has 0 aromatic heterocycles. The molecule has 4 N–H and O–H groups in total. The van der Waals surface area contributed by atoms with Crippen LogP contribution in [-0.4, -0.2) is 35.5 Å². The topological polar surface area (TPSA) is 117 Å². The molecule has 0 aliphatic heterocycles. The van der Waals surface area contributed by atoms with Gasteiger partial charge in [0.1, 0.15) is 18.5 Å². The number of ether oxygens (including phenoxy) is 2. The van der Waals surface area contributed by atoms with Gasteiger partial charge in [-0.25, -0.2) is 10.3 Å². The number of carbonyl (C=O) groups is 2. The van der Waals surface area contributed by atoms with Crippen LogP contribution in [-0.2, 0) is 9.53 Å². The number of hydrogen-bond acceptors (Lipinski definition) is 6. The van der Waals surface area contributed by atoms with Crippen molar-refractivity contribution in [1.82, 2.24) is 5.48 Å². The highest BCUT2D eigenvalue weighted by Gasteiger charge is 2.24. The fourth-order valence-electron chi connectivity index (χ4n) is 2.99. The minimum Gasteiger partial charge on any atom is -0.491 e. The Bertz CT molecular complexity index is 904. The van der Waals surface area contributed by atoms with E-state index in [1.165, 1.54) is 11.6 Å². The van der Waals surface area contributed by atoms with Crippen LogP contribution in [0, 0.1) is 5.92 Å². The van der Waals surface area contributed by atoms with Crippen molar-refractivity contribution in [2.24, 2.45) is 5.92 Å². The van der Waals surface area contributed by atoms with E-state index >= 15 is 0 Å². The average Bonchev–Trinajstić information content (AvgIpc) is 2.80.